The summed E-state index contributed by atoms with van der Waals surface area (Å²) in [5.41, 5.74) is 4.79. The number of benzene rings is 2. The van der Waals surface area contributed by atoms with Crippen molar-refractivity contribution in [3.63, 3.8) is 0 Å². The summed E-state index contributed by atoms with van der Waals surface area (Å²) in [6.07, 6.45) is 3.16. The van der Waals surface area contributed by atoms with Crippen molar-refractivity contribution in [2.45, 2.75) is 81.1 Å². The van der Waals surface area contributed by atoms with Gasteiger partial charge in [0.05, 0.1) is 13.0 Å². The van der Waals surface area contributed by atoms with Gasteiger partial charge in [-0.2, -0.15) is 0 Å². The van der Waals surface area contributed by atoms with Crippen LogP contribution in [-0.2, 0) is 27.3 Å². The van der Waals surface area contributed by atoms with E-state index < -0.39 is 0 Å². The van der Waals surface area contributed by atoms with Gasteiger partial charge in [-0.15, -0.1) is 0 Å². The zero-order valence-corrected chi connectivity index (χ0v) is 21.1. The molecule has 34 heavy (non-hydrogen) atoms. The van der Waals surface area contributed by atoms with Gasteiger partial charge in [0.2, 0.25) is 0 Å². The molecule has 1 amide bonds. The summed E-state index contributed by atoms with van der Waals surface area (Å²) in [5.74, 6) is 1.14. The van der Waals surface area contributed by atoms with Crippen molar-refractivity contribution in [2.24, 2.45) is 11.8 Å². The van der Waals surface area contributed by atoms with E-state index in [1.54, 1.807) is 7.05 Å². The summed E-state index contributed by atoms with van der Waals surface area (Å²) in [6.45, 7) is 12.6. The first-order valence-corrected chi connectivity index (χ1v) is 11.5. The van der Waals surface area contributed by atoms with Crippen LogP contribution in [0.2, 0.25) is 0 Å². The van der Waals surface area contributed by atoms with Gasteiger partial charge in [-0.25, -0.2) is 5.06 Å². The molecule has 0 spiro atoms. The zero-order chi connectivity index (χ0) is 24.3. The van der Waals surface area contributed by atoms with Crippen LogP contribution in [0.15, 0.2) is 48.5 Å². The van der Waals surface area contributed by atoms with Gasteiger partial charge < -0.3 is 4.79 Å². The molecule has 2 aromatic rings. The molecule has 4 nitrogen and oxygen atoms in total. The Morgan fingerprint density at radius 1 is 0.794 bits per heavy atom. The Morgan fingerprint density at radius 2 is 1.18 bits per heavy atom. The number of carbonyl (C=O) groups excluding carboxylic acids is 2. The lowest BCUT2D eigenvalue weighted by molar-refractivity contribution is -0.170. The Morgan fingerprint density at radius 3 is 1.50 bits per heavy atom. The Hall–Kier alpha value is -2.46. The topological polar surface area (TPSA) is 46.6 Å². The van der Waals surface area contributed by atoms with Crippen LogP contribution < -0.4 is 0 Å². The molecule has 0 aliphatic rings. The lowest BCUT2D eigenvalue weighted by Gasteiger charge is -2.19. The summed E-state index contributed by atoms with van der Waals surface area (Å²) < 4.78 is 0. The van der Waals surface area contributed by atoms with E-state index >= 15 is 0 Å². The number of hydrogen-bond donors (Lipinski definition) is 0. The maximum Gasteiger partial charge on any atom is 0.253 e. The lowest BCUT2D eigenvalue weighted by Crippen LogP contribution is -2.29. The second kappa shape index (κ2) is 17.0. The smallest absolute Gasteiger partial charge is 0.253 e. The largest absolute Gasteiger partial charge is 0.303 e. The van der Waals surface area contributed by atoms with Crippen LogP contribution in [0.5, 0.6) is 0 Å². The van der Waals surface area contributed by atoms with E-state index in [-0.39, 0.29) is 32.6 Å². The highest BCUT2D eigenvalue weighted by molar-refractivity contribution is 5.82. The van der Waals surface area contributed by atoms with Crippen LogP contribution in [0.3, 0.4) is 0 Å². The number of amides is 1. The van der Waals surface area contributed by atoms with Gasteiger partial charge in [-0.05, 0) is 53.9 Å². The summed E-state index contributed by atoms with van der Waals surface area (Å²) in [4.78, 5) is 27.4. The number of hydroxylamine groups is 2. The van der Waals surface area contributed by atoms with Gasteiger partial charge in [0.1, 0.15) is 6.29 Å². The monoisotopic (exact) mass is 471 g/mol. The summed E-state index contributed by atoms with van der Waals surface area (Å²) in [5, 5.41) is 1.27. The Balaban J connectivity index is 0. The first-order chi connectivity index (χ1) is 15.1. The highest BCUT2D eigenvalue weighted by atomic mass is 16.7. The van der Waals surface area contributed by atoms with Crippen LogP contribution in [0, 0.1) is 11.8 Å². The molecule has 4 heteroatoms. The number of aldehydes is 1. The fourth-order valence-corrected chi connectivity index (χ4v) is 3.43. The molecule has 0 aliphatic heterocycles. The molecule has 0 bridgehead atoms. The minimum Gasteiger partial charge on any atom is -0.303 e. The van der Waals surface area contributed by atoms with Crippen molar-refractivity contribution < 1.29 is 14.4 Å². The van der Waals surface area contributed by atoms with E-state index in [4.69, 9.17) is 4.84 Å². The van der Waals surface area contributed by atoms with Crippen molar-refractivity contribution in [1.82, 2.24) is 5.06 Å². The standard InChI is InChI=1S/C15H23NO2.C13H18O.2CH4/c1-11(2)10-13-6-8-14(9-7-13)12(3)15(17)16(4)18-5;1-10(2)8-12-4-6-13(7-5-12)11(3)9-14;;/h6-9,11-12H,10H2,1-5H3;4-7,9-11H,8H2,1-3H3;2*1H4. The van der Waals surface area contributed by atoms with E-state index in [1.165, 1.54) is 23.3 Å². The minimum atomic E-state index is -0.178. The van der Waals surface area contributed by atoms with Crippen LogP contribution in [-0.4, -0.2) is 31.4 Å². The number of likely N-dealkylation sites (N-methyl/N-ethyl adjacent to an activating group) is 1. The molecule has 0 heterocycles. The maximum atomic E-state index is 11.9. The molecule has 0 saturated carbocycles. The first-order valence-electron chi connectivity index (χ1n) is 11.5. The lowest BCUT2D eigenvalue weighted by atomic mass is 9.96. The molecule has 2 unspecified atom stereocenters. The molecule has 0 aromatic heterocycles. The quantitative estimate of drug-likeness (QED) is 0.281. The van der Waals surface area contributed by atoms with Gasteiger partial charge in [0.15, 0.2) is 0 Å². The molecule has 0 fully saturated rings. The summed E-state index contributed by atoms with van der Waals surface area (Å²) in [7, 11) is 3.13. The van der Waals surface area contributed by atoms with Gasteiger partial charge in [-0.3, -0.25) is 9.63 Å². The van der Waals surface area contributed by atoms with Crippen molar-refractivity contribution in [2.75, 3.05) is 14.2 Å². The van der Waals surface area contributed by atoms with Crippen molar-refractivity contribution in [3.8, 4) is 0 Å². The zero-order valence-electron chi connectivity index (χ0n) is 21.1. The normalized spacial score (nSPS) is 11.9. The van der Waals surface area contributed by atoms with E-state index in [0.717, 1.165) is 30.3 Å². The highest BCUT2D eigenvalue weighted by Gasteiger charge is 2.19. The van der Waals surface area contributed by atoms with E-state index in [9.17, 15) is 9.59 Å². The molecule has 192 valence electrons. The van der Waals surface area contributed by atoms with Crippen LogP contribution in [0.1, 0.15) is 90.5 Å². The summed E-state index contributed by atoms with van der Waals surface area (Å²) >= 11 is 0. The molecule has 2 atom stereocenters. The number of hydrogen-bond acceptors (Lipinski definition) is 3. The molecule has 0 radical (unpaired) electrons. The van der Waals surface area contributed by atoms with Crippen LogP contribution in [0.4, 0.5) is 0 Å². The third-order valence-corrected chi connectivity index (χ3v) is 5.43. The van der Waals surface area contributed by atoms with Crippen molar-refractivity contribution in [1.29, 1.82) is 0 Å². The molecular formula is C30H49NO3. The molecule has 2 rings (SSSR count). The van der Waals surface area contributed by atoms with Gasteiger partial charge in [0.25, 0.3) is 5.91 Å². The number of rotatable bonds is 9. The van der Waals surface area contributed by atoms with Gasteiger partial charge in [-0.1, -0.05) is 98.0 Å². The molecule has 0 N–H and O–H groups in total. The first kappa shape index (κ1) is 33.7. The van der Waals surface area contributed by atoms with E-state index in [0.29, 0.717) is 11.8 Å². The summed E-state index contributed by atoms with van der Waals surface area (Å²) in [6, 6.07) is 16.6. The average Bonchev–Trinajstić information content (AvgIpc) is 2.77. The number of nitrogens with zero attached hydrogens (tertiary/aromatic N) is 1. The predicted molar refractivity (Wildman–Crippen MR) is 146 cm³/mol. The predicted octanol–water partition coefficient (Wildman–Crippen LogP) is 7.47. The highest BCUT2D eigenvalue weighted by Crippen LogP contribution is 2.19. The fraction of sp³-hybridized carbons (Fsp3) is 0.533. The number of carbonyl (C=O) groups is 2. The van der Waals surface area contributed by atoms with Gasteiger partial charge in [0, 0.05) is 13.0 Å². The SMILES string of the molecule is C.C.CC(C)Cc1ccc(C(C)C=O)cc1.CON(C)C(=O)C(C)c1ccc(CC(C)C)cc1. The van der Waals surface area contributed by atoms with E-state index in [2.05, 4.69) is 64.1 Å². The van der Waals surface area contributed by atoms with Gasteiger partial charge >= 0.3 is 0 Å². The third kappa shape index (κ3) is 11.6. The second-order valence-corrected chi connectivity index (χ2v) is 9.34. The van der Waals surface area contributed by atoms with E-state index in [1.807, 2.05) is 26.0 Å². The molecular weight excluding hydrogens is 422 g/mol. The Kier molecular flexibility index (Phi) is 16.9. The Labute approximate surface area is 209 Å². The van der Waals surface area contributed by atoms with Crippen LogP contribution >= 0.6 is 0 Å². The molecule has 0 saturated heterocycles. The maximum absolute atomic E-state index is 11.9. The Bertz CT molecular complexity index is 810. The molecule has 0 aliphatic carbocycles. The van der Waals surface area contributed by atoms with Crippen LogP contribution in [0.25, 0.3) is 0 Å². The van der Waals surface area contributed by atoms with Crippen molar-refractivity contribution >= 4 is 12.2 Å². The second-order valence-electron chi connectivity index (χ2n) is 9.34. The third-order valence-electron chi connectivity index (χ3n) is 5.43. The minimum absolute atomic E-state index is 0. The average molecular weight is 472 g/mol. The fourth-order valence-electron chi connectivity index (χ4n) is 3.43. The van der Waals surface area contributed by atoms with Crippen molar-refractivity contribution in [3.05, 3.63) is 70.8 Å². The molecule has 2 aromatic carbocycles.